The maximum Gasteiger partial charge on any atom is 0.257 e. The zero-order valence-electron chi connectivity index (χ0n) is 21.2. The van der Waals surface area contributed by atoms with Gasteiger partial charge in [0.25, 0.3) is 11.8 Å². The van der Waals surface area contributed by atoms with Crippen LogP contribution in [0.25, 0.3) is 0 Å². The van der Waals surface area contributed by atoms with Crippen molar-refractivity contribution in [1.82, 2.24) is 15.1 Å². The van der Waals surface area contributed by atoms with Crippen LogP contribution in [-0.2, 0) is 16.1 Å². The molecule has 2 aliphatic heterocycles. The summed E-state index contributed by atoms with van der Waals surface area (Å²) < 4.78 is 16.9. The number of piperidine rings is 1. The van der Waals surface area contributed by atoms with Crippen molar-refractivity contribution >= 4 is 40.9 Å². The zero-order valence-corrected chi connectivity index (χ0v) is 22.7. The molecule has 2 fully saturated rings. The van der Waals surface area contributed by atoms with Crippen molar-refractivity contribution in [3.8, 4) is 5.75 Å². The van der Waals surface area contributed by atoms with Gasteiger partial charge in [-0.05, 0) is 48.5 Å². The molecule has 3 amide bonds. The quantitative estimate of drug-likeness (QED) is 0.471. The Kier molecular flexibility index (Phi) is 7.83. The molecule has 0 unspecified atom stereocenters. The molecule has 9 nitrogen and oxygen atoms in total. The monoisotopic (exact) mass is 571 g/mol. The molecular formula is C28H27Cl2N3O6. The van der Waals surface area contributed by atoms with Gasteiger partial charge < -0.3 is 24.1 Å². The first-order valence-corrected chi connectivity index (χ1v) is 13.2. The first kappa shape index (κ1) is 27.1. The number of carbonyl (C=O) groups excluding carboxylic acids is 3. The number of amides is 3. The molecule has 11 heteroatoms. The number of rotatable bonds is 6. The number of carbonyl (C=O) groups is 3. The number of hydrogen-bond acceptors (Lipinski definition) is 6. The van der Waals surface area contributed by atoms with E-state index in [1.807, 2.05) is 0 Å². The van der Waals surface area contributed by atoms with E-state index in [1.165, 1.54) is 18.3 Å². The predicted octanol–water partition coefficient (Wildman–Crippen LogP) is 4.38. The molecule has 3 heterocycles. The lowest BCUT2D eigenvalue weighted by Gasteiger charge is -2.44. The molecule has 5 rings (SSSR count). The molecule has 1 N–H and O–H groups in total. The van der Waals surface area contributed by atoms with Crippen LogP contribution in [0.1, 0.15) is 39.3 Å². The van der Waals surface area contributed by atoms with Gasteiger partial charge in [0, 0.05) is 37.1 Å². The fourth-order valence-electron chi connectivity index (χ4n) is 5.04. The Balaban J connectivity index is 1.37. The van der Waals surface area contributed by atoms with E-state index in [-0.39, 0.29) is 30.9 Å². The molecule has 0 saturated carbocycles. The minimum absolute atomic E-state index is 0.0282. The second-order valence-electron chi connectivity index (χ2n) is 9.40. The van der Waals surface area contributed by atoms with Crippen LogP contribution in [0.15, 0.2) is 65.3 Å². The second kappa shape index (κ2) is 11.3. The summed E-state index contributed by atoms with van der Waals surface area (Å²) in [6.45, 7) is 0.853. The van der Waals surface area contributed by atoms with Gasteiger partial charge in [0.2, 0.25) is 5.91 Å². The molecule has 0 bridgehead atoms. The topological polar surface area (TPSA) is 101 Å². The fraction of sp³-hybridized carbons (Fsp3) is 0.321. The minimum atomic E-state index is -1.05. The van der Waals surface area contributed by atoms with Gasteiger partial charge in [-0.2, -0.15) is 0 Å². The molecular weight excluding hydrogens is 545 g/mol. The van der Waals surface area contributed by atoms with E-state index < -0.39 is 11.8 Å². The van der Waals surface area contributed by atoms with E-state index in [0.29, 0.717) is 58.6 Å². The maximum absolute atomic E-state index is 13.9. The molecule has 2 saturated heterocycles. The van der Waals surface area contributed by atoms with Gasteiger partial charge >= 0.3 is 0 Å². The average molecular weight is 572 g/mol. The number of nitrogens with one attached hydrogen (secondary N) is 1. The van der Waals surface area contributed by atoms with Crippen LogP contribution in [0.4, 0.5) is 0 Å². The Morgan fingerprint density at radius 1 is 1.00 bits per heavy atom. The molecule has 204 valence electrons. The number of ether oxygens (including phenoxy) is 2. The highest BCUT2D eigenvalue weighted by Crippen LogP contribution is 2.39. The molecule has 2 aliphatic rings. The third-order valence-electron chi connectivity index (χ3n) is 7.11. The molecule has 1 atom stereocenters. The van der Waals surface area contributed by atoms with Gasteiger partial charge in [-0.3, -0.25) is 19.3 Å². The van der Waals surface area contributed by atoms with Crippen LogP contribution < -0.4 is 10.1 Å². The summed E-state index contributed by atoms with van der Waals surface area (Å²) in [4.78, 5) is 43.6. The van der Waals surface area contributed by atoms with Crippen molar-refractivity contribution in [2.24, 2.45) is 0 Å². The van der Waals surface area contributed by atoms with Gasteiger partial charge in [-0.25, -0.2) is 0 Å². The highest BCUT2D eigenvalue weighted by atomic mass is 35.5. The van der Waals surface area contributed by atoms with Crippen LogP contribution in [0.5, 0.6) is 5.75 Å². The van der Waals surface area contributed by atoms with Gasteiger partial charge in [-0.1, -0.05) is 29.3 Å². The highest BCUT2D eigenvalue weighted by molar-refractivity contribution is 6.42. The molecule has 1 aromatic heterocycles. The first-order valence-electron chi connectivity index (χ1n) is 12.5. The Morgan fingerprint density at radius 2 is 1.77 bits per heavy atom. The number of methoxy groups -OCH3 is 1. The lowest BCUT2D eigenvalue weighted by Crippen LogP contribution is -2.59. The molecule has 0 radical (unpaired) electrons. The van der Waals surface area contributed by atoms with Crippen molar-refractivity contribution < 1.29 is 28.3 Å². The number of nitrogens with zero attached hydrogens (tertiary/aromatic N) is 2. The van der Waals surface area contributed by atoms with Crippen molar-refractivity contribution in [3.63, 3.8) is 0 Å². The Labute approximate surface area is 235 Å². The van der Waals surface area contributed by atoms with Crippen molar-refractivity contribution in [2.45, 2.75) is 31.2 Å². The van der Waals surface area contributed by atoms with Crippen LogP contribution in [-0.4, -0.2) is 66.1 Å². The fourth-order valence-corrected chi connectivity index (χ4v) is 5.34. The van der Waals surface area contributed by atoms with Crippen molar-refractivity contribution in [3.05, 3.63) is 87.8 Å². The molecule has 0 aliphatic carbocycles. The van der Waals surface area contributed by atoms with Gasteiger partial charge in [-0.15, -0.1) is 0 Å². The number of benzene rings is 2. The van der Waals surface area contributed by atoms with E-state index in [0.717, 1.165) is 0 Å². The summed E-state index contributed by atoms with van der Waals surface area (Å²) >= 11 is 12.1. The molecule has 3 aromatic rings. The van der Waals surface area contributed by atoms with E-state index >= 15 is 0 Å². The molecule has 39 heavy (non-hydrogen) atoms. The van der Waals surface area contributed by atoms with E-state index in [2.05, 4.69) is 5.32 Å². The lowest BCUT2D eigenvalue weighted by atomic mass is 9.96. The third kappa shape index (κ3) is 5.48. The summed E-state index contributed by atoms with van der Waals surface area (Å²) in [6.07, 6.45) is 2.19. The summed E-state index contributed by atoms with van der Waals surface area (Å²) in [5.74, 6) is 0.218. The number of hydrogen-bond donors (Lipinski definition) is 1. The number of halogens is 2. The van der Waals surface area contributed by atoms with Crippen LogP contribution in [0.2, 0.25) is 10.0 Å². The van der Waals surface area contributed by atoms with E-state index in [9.17, 15) is 14.4 Å². The summed E-state index contributed by atoms with van der Waals surface area (Å²) in [5.41, 5.74) is -0.258. The van der Waals surface area contributed by atoms with Crippen molar-refractivity contribution in [1.29, 1.82) is 0 Å². The summed E-state index contributed by atoms with van der Waals surface area (Å²) in [7, 11) is 1.52. The van der Waals surface area contributed by atoms with Crippen molar-refractivity contribution in [2.75, 3.05) is 26.8 Å². The lowest BCUT2D eigenvalue weighted by molar-refractivity contribution is -0.128. The predicted molar refractivity (Wildman–Crippen MR) is 144 cm³/mol. The maximum atomic E-state index is 13.9. The Hall–Kier alpha value is -3.53. The third-order valence-corrected chi connectivity index (χ3v) is 7.85. The van der Waals surface area contributed by atoms with Crippen LogP contribution in [0, 0.1) is 0 Å². The molecule has 1 spiro atoms. The highest BCUT2D eigenvalue weighted by Gasteiger charge is 2.54. The molecule has 2 aromatic carbocycles. The van der Waals surface area contributed by atoms with Crippen LogP contribution in [0.3, 0.4) is 0 Å². The number of likely N-dealkylation sites (tertiary alicyclic amines) is 1. The van der Waals surface area contributed by atoms with Gasteiger partial charge in [0.1, 0.15) is 23.3 Å². The van der Waals surface area contributed by atoms with E-state index in [1.54, 1.807) is 59.5 Å². The zero-order chi connectivity index (χ0) is 27.6. The standard InChI is InChI=1S/C28H27Cl2N3O6/c1-37-20-5-2-4-18(14-20)27(36)33-24(25(34)31-16-21-6-3-13-38-21)17-39-28(33)9-11-32(12-10-28)26(35)19-7-8-22(29)23(30)15-19/h2-8,13-15,24H,9-12,16-17H2,1H3,(H,31,34)/t24-/m1/s1. The number of furan rings is 1. The average Bonchev–Trinajstić information content (AvgIpc) is 3.61. The normalized spacial score (nSPS) is 18.3. The SMILES string of the molecule is COc1cccc(C(=O)N2[C@@H](C(=O)NCc3ccco3)COC23CCN(C(=O)c2ccc(Cl)c(Cl)c2)CC3)c1. The van der Waals surface area contributed by atoms with Gasteiger partial charge in [0.15, 0.2) is 0 Å². The first-order chi connectivity index (χ1) is 18.8. The van der Waals surface area contributed by atoms with Gasteiger partial charge in [0.05, 0.1) is 36.6 Å². The largest absolute Gasteiger partial charge is 0.497 e. The minimum Gasteiger partial charge on any atom is -0.497 e. The summed E-state index contributed by atoms with van der Waals surface area (Å²) in [5, 5.41) is 3.52. The van der Waals surface area contributed by atoms with E-state index in [4.69, 9.17) is 37.1 Å². The Morgan fingerprint density at radius 3 is 2.46 bits per heavy atom. The van der Waals surface area contributed by atoms with Crippen LogP contribution >= 0.6 is 23.2 Å². The Bertz CT molecular complexity index is 1370. The smallest absolute Gasteiger partial charge is 0.257 e. The second-order valence-corrected chi connectivity index (χ2v) is 10.2. The summed E-state index contributed by atoms with van der Waals surface area (Å²) in [6, 6.07) is 14.2.